The summed E-state index contributed by atoms with van der Waals surface area (Å²) in [6.07, 6.45) is 15.3. The topological polar surface area (TPSA) is 69.9 Å². The number of phenolic OH excluding ortho intramolecular Hbond substituents is 3. The van der Waals surface area contributed by atoms with Gasteiger partial charge in [-0.05, 0) is 121 Å². The maximum absolute atomic E-state index is 10.5. The fourth-order valence-electron chi connectivity index (χ4n) is 7.66. The Labute approximate surface area is 266 Å². The van der Waals surface area contributed by atoms with Crippen molar-refractivity contribution in [2.24, 2.45) is 11.8 Å². The molecule has 0 unspecified atom stereocenters. The molecule has 1 aliphatic heterocycles. The van der Waals surface area contributed by atoms with Gasteiger partial charge in [-0.25, -0.2) is 0 Å². The molecule has 240 valence electrons. The lowest BCUT2D eigenvalue weighted by Crippen LogP contribution is -2.45. The smallest absolute Gasteiger partial charge is 0.127 e. The Kier molecular flexibility index (Phi) is 11.0. The predicted octanol–water partition coefficient (Wildman–Crippen LogP) is 10.8. The molecule has 5 rings (SSSR count). The second kappa shape index (κ2) is 14.3. The van der Waals surface area contributed by atoms with Crippen molar-refractivity contribution in [1.29, 1.82) is 0 Å². The van der Waals surface area contributed by atoms with Crippen LogP contribution in [0.3, 0.4) is 0 Å². The number of ether oxygens (including phenoxy) is 1. The van der Waals surface area contributed by atoms with E-state index < -0.39 is 0 Å². The molecule has 0 fully saturated rings. The molecule has 0 radical (unpaired) electrons. The van der Waals surface area contributed by atoms with Crippen LogP contribution in [0.15, 0.2) is 59.7 Å². The molecule has 3 aliphatic rings. The lowest BCUT2D eigenvalue weighted by molar-refractivity contribution is 0.0107. The van der Waals surface area contributed by atoms with Crippen LogP contribution in [0.1, 0.15) is 134 Å². The van der Waals surface area contributed by atoms with Crippen LogP contribution >= 0.6 is 0 Å². The van der Waals surface area contributed by atoms with Crippen LogP contribution in [0.25, 0.3) is 0 Å². The molecule has 0 spiro atoms. The Balaban J connectivity index is 0.000000201. The zero-order valence-electron chi connectivity index (χ0n) is 28.3. The molecular formula is C40H56O4. The molecule has 2 aliphatic carbocycles. The number of allylic oxidation sites excluding steroid dienone is 5. The summed E-state index contributed by atoms with van der Waals surface area (Å²) in [4.78, 5) is 0. The van der Waals surface area contributed by atoms with E-state index in [0.717, 1.165) is 73.8 Å². The Morgan fingerprint density at radius 2 is 1.36 bits per heavy atom. The van der Waals surface area contributed by atoms with Crippen LogP contribution in [0.5, 0.6) is 23.0 Å². The molecule has 0 amide bonds. The van der Waals surface area contributed by atoms with Crippen LogP contribution in [-0.4, -0.2) is 20.9 Å². The maximum atomic E-state index is 10.5. The number of rotatable bonds is 8. The van der Waals surface area contributed by atoms with Crippen LogP contribution < -0.4 is 4.74 Å². The average Bonchev–Trinajstić information content (AvgIpc) is 2.92. The summed E-state index contributed by atoms with van der Waals surface area (Å²) in [5.41, 5.74) is 7.53. The minimum absolute atomic E-state index is 0.0194. The molecule has 0 bridgehead atoms. The SMILES string of the molecule is C=C(C)[C@@H]1CCC(C)=C[C@H]1c1c(O)cc(CCCCC)cc1O.CCCc1cc(O)c2c(c1)OC(C)(C)[C@@H]1CCC(C)=C[C@@H]21. The third kappa shape index (κ3) is 7.56. The van der Waals surface area contributed by atoms with Crippen LogP contribution in [-0.2, 0) is 12.8 Å². The van der Waals surface area contributed by atoms with Gasteiger partial charge in [0.05, 0.1) is 0 Å². The second-order valence-electron chi connectivity index (χ2n) is 14.2. The molecule has 2 aromatic rings. The van der Waals surface area contributed by atoms with Gasteiger partial charge in [0.2, 0.25) is 0 Å². The van der Waals surface area contributed by atoms with Crippen molar-refractivity contribution >= 4 is 0 Å². The highest BCUT2D eigenvalue weighted by atomic mass is 16.5. The van der Waals surface area contributed by atoms with Gasteiger partial charge in [-0.3, -0.25) is 0 Å². The maximum Gasteiger partial charge on any atom is 0.127 e. The average molecular weight is 601 g/mol. The number of fused-ring (bicyclic) bond motifs is 3. The van der Waals surface area contributed by atoms with E-state index in [1.807, 2.05) is 25.1 Å². The highest BCUT2D eigenvalue weighted by Crippen LogP contribution is 2.53. The van der Waals surface area contributed by atoms with Gasteiger partial charge in [-0.2, -0.15) is 0 Å². The molecule has 0 aromatic heterocycles. The first-order chi connectivity index (χ1) is 20.9. The predicted molar refractivity (Wildman–Crippen MR) is 183 cm³/mol. The molecule has 0 saturated heterocycles. The standard InChI is InChI=1S/C21H30O2.C19H26O2/c1-5-6-7-8-16-12-19(22)21(20(23)13-16)18-11-15(4)9-10-17(18)14(2)3;1-5-6-13-10-16(20)18-14-9-12(2)7-8-15(14)19(3,4)21-17(18)11-13/h11-13,17-18,22-23H,2,5-10H2,1,3-4H3;9-11,14-15,20H,5-8H2,1-4H3/t17-,18+;14-,15-/m01/s1. The largest absolute Gasteiger partial charge is 0.507 e. The molecular weight excluding hydrogens is 544 g/mol. The van der Waals surface area contributed by atoms with E-state index in [0.29, 0.717) is 17.2 Å². The van der Waals surface area contributed by atoms with Gasteiger partial charge in [0.25, 0.3) is 0 Å². The van der Waals surface area contributed by atoms with Gasteiger partial charge in [0, 0.05) is 28.9 Å². The van der Waals surface area contributed by atoms with Gasteiger partial charge in [-0.15, -0.1) is 0 Å². The van der Waals surface area contributed by atoms with E-state index >= 15 is 0 Å². The summed E-state index contributed by atoms with van der Waals surface area (Å²) in [6.45, 7) is 19.2. The molecule has 0 saturated carbocycles. The van der Waals surface area contributed by atoms with Gasteiger partial charge in [0.1, 0.15) is 28.6 Å². The summed E-state index contributed by atoms with van der Waals surface area (Å²) < 4.78 is 6.30. The lowest BCUT2D eigenvalue weighted by atomic mass is 9.68. The summed E-state index contributed by atoms with van der Waals surface area (Å²) in [5, 5.41) is 31.6. The van der Waals surface area contributed by atoms with E-state index in [9.17, 15) is 15.3 Å². The van der Waals surface area contributed by atoms with Crippen LogP contribution in [0.4, 0.5) is 0 Å². The number of aromatic hydroxyl groups is 3. The lowest BCUT2D eigenvalue weighted by Gasteiger charge is -2.46. The van der Waals surface area contributed by atoms with E-state index in [1.165, 1.54) is 29.6 Å². The molecule has 1 heterocycles. The Morgan fingerprint density at radius 1 is 0.795 bits per heavy atom. The quantitative estimate of drug-likeness (QED) is 0.208. The molecule has 3 N–H and O–H groups in total. The Hall–Kier alpha value is -3.14. The second-order valence-corrected chi connectivity index (χ2v) is 14.2. The van der Waals surface area contributed by atoms with E-state index in [2.05, 4.69) is 66.3 Å². The summed E-state index contributed by atoms with van der Waals surface area (Å²) >= 11 is 0. The fraction of sp³-hybridized carbons (Fsp3) is 0.550. The van der Waals surface area contributed by atoms with E-state index in [-0.39, 0.29) is 34.9 Å². The Bertz CT molecular complexity index is 1370. The third-order valence-corrected chi connectivity index (χ3v) is 10.0. The van der Waals surface area contributed by atoms with Crippen molar-refractivity contribution < 1.29 is 20.1 Å². The van der Waals surface area contributed by atoms with E-state index in [1.54, 1.807) is 0 Å². The number of hydrogen-bond donors (Lipinski definition) is 3. The number of benzene rings is 2. The summed E-state index contributed by atoms with van der Waals surface area (Å²) in [7, 11) is 0. The summed E-state index contributed by atoms with van der Waals surface area (Å²) in [5.74, 6) is 2.76. The molecule has 44 heavy (non-hydrogen) atoms. The highest BCUT2D eigenvalue weighted by molar-refractivity contribution is 5.54. The van der Waals surface area contributed by atoms with Crippen molar-refractivity contribution in [2.75, 3.05) is 0 Å². The molecule has 4 atom stereocenters. The van der Waals surface area contributed by atoms with Gasteiger partial charge < -0.3 is 20.1 Å². The van der Waals surface area contributed by atoms with Gasteiger partial charge in [-0.1, -0.05) is 68.6 Å². The minimum atomic E-state index is -0.174. The third-order valence-electron chi connectivity index (χ3n) is 10.0. The van der Waals surface area contributed by atoms with Gasteiger partial charge in [0.15, 0.2) is 0 Å². The minimum Gasteiger partial charge on any atom is -0.507 e. The summed E-state index contributed by atoms with van der Waals surface area (Å²) in [6, 6.07) is 7.73. The van der Waals surface area contributed by atoms with Crippen molar-refractivity contribution in [2.45, 2.75) is 130 Å². The first-order valence-electron chi connectivity index (χ1n) is 17.0. The monoisotopic (exact) mass is 600 g/mol. The first-order valence-corrected chi connectivity index (χ1v) is 17.0. The zero-order chi connectivity index (χ0) is 32.2. The fourth-order valence-corrected chi connectivity index (χ4v) is 7.66. The van der Waals surface area contributed by atoms with Crippen LogP contribution in [0, 0.1) is 11.8 Å². The Morgan fingerprint density at radius 3 is 1.95 bits per heavy atom. The van der Waals surface area contributed by atoms with Gasteiger partial charge >= 0.3 is 0 Å². The molecule has 4 heteroatoms. The van der Waals surface area contributed by atoms with E-state index in [4.69, 9.17) is 4.74 Å². The number of hydrogen-bond acceptors (Lipinski definition) is 4. The molecule has 2 aromatic carbocycles. The van der Waals surface area contributed by atoms with Crippen LogP contribution in [0.2, 0.25) is 0 Å². The van der Waals surface area contributed by atoms with Crippen molar-refractivity contribution in [1.82, 2.24) is 0 Å². The van der Waals surface area contributed by atoms with Crippen molar-refractivity contribution in [3.05, 3.63) is 82.0 Å². The zero-order valence-corrected chi connectivity index (χ0v) is 28.3. The number of unbranched alkanes of at least 4 members (excludes halogenated alkanes) is 2. The number of phenols is 3. The van der Waals surface area contributed by atoms with Crippen molar-refractivity contribution in [3.63, 3.8) is 0 Å². The van der Waals surface area contributed by atoms with Crippen molar-refractivity contribution in [3.8, 4) is 23.0 Å². The normalized spacial score (nSPS) is 23.6. The molecule has 4 nitrogen and oxygen atoms in total. The highest BCUT2D eigenvalue weighted by Gasteiger charge is 2.45. The first kappa shape index (κ1) is 33.7. The number of aryl methyl sites for hydroxylation is 2.